The van der Waals surface area contributed by atoms with E-state index in [4.69, 9.17) is 27.9 Å². The number of benzene rings is 1. The Morgan fingerprint density at radius 3 is 2.38 bits per heavy atom. The fourth-order valence-electron chi connectivity index (χ4n) is 1.82. The highest BCUT2D eigenvalue weighted by molar-refractivity contribution is 6.37. The van der Waals surface area contributed by atoms with Gasteiger partial charge in [0.05, 0.1) is 21.2 Å². The molecule has 0 radical (unpaired) electrons. The van der Waals surface area contributed by atoms with Crippen LogP contribution in [0.15, 0.2) is 30.5 Å². The number of carbonyl (C=O) groups is 2. The molecule has 1 heterocycles. The van der Waals surface area contributed by atoms with E-state index in [0.717, 1.165) is 24.3 Å². The number of anilines is 1. The van der Waals surface area contributed by atoms with Gasteiger partial charge in [0.2, 0.25) is 0 Å². The maximum atomic E-state index is 12.5. The Morgan fingerprint density at radius 1 is 1.19 bits per heavy atom. The highest BCUT2D eigenvalue weighted by atomic mass is 35.5. The first-order valence-electron chi connectivity index (χ1n) is 7.04. The minimum atomic E-state index is -4.51. The Morgan fingerprint density at radius 2 is 1.81 bits per heavy atom. The molecule has 0 aliphatic rings. The van der Waals surface area contributed by atoms with Crippen molar-refractivity contribution < 1.29 is 27.5 Å². The summed E-state index contributed by atoms with van der Waals surface area (Å²) in [5.41, 5.74) is -0.504. The molecule has 1 amide bonds. The van der Waals surface area contributed by atoms with Crippen LogP contribution < -0.4 is 5.32 Å². The van der Waals surface area contributed by atoms with E-state index in [0.29, 0.717) is 10.6 Å². The lowest BCUT2D eigenvalue weighted by Gasteiger charge is -2.10. The molecule has 1 aromatic carbocycles. The minimum absolute atomic E-state index is 0.0455. The first-order valence-corrected chi connectivity index (χ1v) is 7.80. The van der Waals surface area contributed by atoms with E-state index in [1.807, 2.05) is 0 Å². The SMILES string of the molecule is Cc1c(Cl)cnc(NC(=O)COC(=O)c2ccc(C(F)(F)F)cc2)c1Cl. The lowest BCUT2D eigenvalue weighted by atomic mass is 10.1. The second-order valence-electron chi connectivity index (χ2n) is 5.09. The summed E-state index contributed by atoms with van der Waals surface area (Å²) in [4.78, 5) is 27.5. The van der Waals surface area contributed by atoms with Crippen molar-refractivity contribution in [1.82, 2.24) is 4.98 Å². The third-order valence-corrected chi connectivity index (χ3v) is 4.09. The molecule has 1 N–H and O–H groups in total. The lowest BCUT2D eigenvalue weighted by molar-refractivity contribution is -0.137. The molecule has 0 atom stereocenters. The van der Waals surface area contributed by atoms with Crippen LogP contribution in [0.3, 0.4) is 0 Å². The molecule has 0 fully saturated rings. The average molecular weight is 407 g/mol. The Balaban J connectivity index is 1.95. The summed E-state index contributed by atoms with van der Waals surface area (Å²) in [5.74, 6) is -1.62. The number of hydrogen-bond acceptors (Lipinski definition) is 4. The number of esters is 1. The van der Waals surface area contributed by atoms with Gasteiger partial charge in [-0.25, -0.2) is 9.78 Å². The van der Waals surface area contributed by atoms with Crippen molar-refractivity contribution in [2.45, 2.75) is 13.1 Å². The quantitative estimate of drug-likeness (QED) is 0.758. The number of hydrogen-bond donors (Lipinski definition) is 1. The van der Waals surface area contributed by atoms with Gasteiger partial charge < -0.3 is 10.1 Å². The van der Waals surface area contributed by atoms with E-state index >= 15 is 0 Å². The zero-order chi connectivity index (χ0) is 19.5. The number of ether oxygens (including phenoxy) is 1. The van der Waals surface area contributed by atoms with E-state index < -0.39 is 30.2 Å². The van der Waals surface area contributed by atoms with Gasteiger partial charge in [-0.3, -0.25) is 4.79 Å². The van der Waals surface area contributed by atoms with E-state index in [1.165, 1.54) is 6.20 Å². The van der Waals surface area contributed by atoms with Gasteiger partial charge in [-0.1, -0.05) is 23.2 Å². The molecule has 0 aliphatic heterocycles. The average Bonchev–Trinajstić information content (AvgIpc) is 2.59. The Bertz CT molecular complexity index is 840. The molecule has 0 bridgehead atoms. The predicted molar refractivity (Wildman–Crippen MR) is 89.4 cm³/mol. The van der Waals surface area contributed by atoms with Crippen molar-refractivity contribution in [3.05, 3.63) is 57.2 Å². The van der Waals surface area contributed by atoms with Gasteiger partial charge in [0.25, 0.3) is 5.91 Å². The zero-order valence-electron chi connectivity index (χ0n) is 13.2. The van der Waals surface area contributed by atoms with Crippen molar-refractivity contribution in [3.63, 3.8) is 0 Å². The van der Waals surface area contributed by atoms with Crippen molar-refractivity contribution in [2.75, 3.05) is 11.9 Å². The van der Waals surface area contributed by atoms with Gasteiger partial charge in [0, 0.05) is 6.20 Å². The number of nitrogens with one attached hydrogen (secondary N) is 1. The summed E-state index contributed by atoms with van der Waals surface area (Å²) in [6.45, 7) is 0.964. The first kappa shape index (κ1) is 20.0. The van der Waals surface area contributed by atoms with Crippen LogP contribution in [0.2, 0.25) is 10.0 Å². The largest absolute Gasteiger partial charge is 0.452 e. The molecular weight excluding hydrogens is 396 g/mol. The Labute approximate surface area is 156 Å². The van der Waals surface area contributed by atoms with Crippen molar-refractivity contribution in [3.8, 4) is 0 Å². The van der Waals surface area contributed by atoms with Crippen LogP contribution in [-0.2, 0) is 15.7 Å². The number of nitrogens with zero attached hydrogens (tertiary/aromatic N) is 1. The van der Waals surface area contributed by atoms with Crippen LogP contribution in [0.4, 0.5) is 19.0 Å². The molecule has 0 unspecified atom stereocenters. The number of amides is 1. The standard InChI is InChI=1S/C16H11Cl2F3N2O3/c1-8-11(17)6-22-14(13(8)18)23-12(24)7-26-15(25)9-2-4-10(5-3-9)16(19,20)21/h2-6H,7H2,1H3,(H,22,23,24). The van der Waals surface area contributed by atoms with Gasteiger partial charge in [-0.15, -0.1) is 0 Å². The first-order chi connectivity index (χ1) is 12.1. The summed E-state index contributed by atoms with van der Waals surface area (Å²) in [6.07, 6.45) is -3.21. The van der Waals surface area contributed by atoms with Gasteiger partial charge in [-0.2, -0.15) is 13.2 Å². The third kappa shape index (κ3) is 4.86. The van der Waals surface area contributed by atoms with Crippen LogP contribution >= 0.6 is 23.2 Å². The number of pyridine rings is 1. The van der Waals surface area contributed by atoms with Gasteiger partial charge in [0.15, 0.2) is 12.4 Å². The van der Waals surface area contributed by atoms with Crippen LogP contribution in [0.25, 0.3) is 0 Å². The normalized spacial score (nSPS) is 11.2. The predicted octanol–water partition coefficient (Wildman–Crippen LogP) is 4.51. The molecule has 5 nitrogen and oxygen atoms in total. The Kier molecular flexibility index (Phi) is 6.09. The van der Waals surface area contributed by atoms with Crippen LogP contribution in [0, 0.1) is 6.92 Å². The zero-order valence-corrected chi connectivity index (χ0v) is 14.7. The van der Waals surface area contributed by atoms with Crippen LogP contribution in [-0.4, -0.2) is 23.5 Å². The molecule has 2 rings (SSSR count). The fourth-order valence-corrected chi connectivity index (χ4v) is 2.21. The van der Waals surface area contributed by atoms with E-state index in [2.05, 4.69) is 10.3 Å². The fraction of sp³-hybridized carbons (Fsp3) is 0.188. The highest BCUT2D eigenvalue weighted by Gasteiger charge is 2.30. The van der Waals surface area contributed by atoms with Crippen molar-refractivity contribution in [2.24, 2.45) is 0 Å². The monoisotopic (exact) mass is 406 g/mol. The molecule has 0 saturated carbocycles. The number of carbonyl (C=O) groups excluding carboxylic acids is 2. The van der Waals surface area contributed by atoms with E-state index in [9.17, 15) is 22.8 Å². The molecular formula is C16H11Cl2F3N2O3. The summed E-state index contributed by atoms with van der Waals surface area (Å²) < 4.78 is 42.2. The van der Waals surface area contributed by atoms with Gasteiger partial charge in [-0.05, 0) is 36.8 Å². The minimum Gasteiger partial charge on any atom is -0.452 e. The number of alkyl halides is 3. The lowest BCUT2D eigenvalue weighted by Crippen LogP contribution is -2.21. The van der Waals surface area contributed by atoms with Crippen molar-refractivity contribution in [1.29, 1.82) is 0 Å². The Hall–Kier alpha value is -2.32. The summed E-state index contributed by atoms with van der Waals surface area (Å²) >= 11 is 11.8. The molecule has 138 valence electrons. The number of halogens is 5. The molecule has 1 aromatic heterocycles. The molecule has 2 aromatic rings. The van der Waals surface area contributed by atoms with Gasteiger partial charge >= 0.3 is 12.1 Å². The molecule has 10 heteroatoms. The third-order valence-electron chi connectivity index (χ3n) is 3.24. The molecule has 26 heavy (non-hydrogen) atoms. The van der Waals surface area contributed by atoms with Gasteiger partial charge in [0.1, 0.15) is 0 Å². The molecule has 0 spiro atoms. The maximum absolute atomic E-state index is 12.5. The van der Waals surface area contributed by atoms with E-state index in [-0.39, 0.29) is 16.4 Å². The maximum Gasteiger partial charge on any atom is 0.416 e. The number of aromatic nitrogens is 1. The second kappa shape index (κ2) is 7.92. The summed E-state index contributed by atoms with van der Waals surface area (Å²) in [7, 11) is 0. The smallest absolute Gasteiger partial charge is 0.416 e. The number of rotatable bonds is 4. The molecule has 0 saturated heterocycles. The summed E-state index contributed by atoms with van der Waals surface area (Å²) in [5, 5.41) is 2.81. The summed E-state index contributed by atoms with van der Waals surface area (Å²) in [6, 6.07) is 3.42. The van der Waals surface area contributed by atoms with E-state index in [1.54, 1.807) is 6.92 Å². The van der Waals surface area contributed by atoms with Crippen LogP contribution in [0.1, 0.15) is 21.5 Å². The molecule has 0 aliphatic carbocycles. The topological polar surface area (TPSA) is 68.3 Å². The highest BCUT2D eigenvalue weighted by Crippen LogP contribution is 2.29. The van der Waals surface area contributed by atoms with Crippen molar-refractivity contribution >= 4 is 40.9 Å². The second-order valence-corrected chi connectivity index (χ2v) is 5.88. The van der Waals surface area contributed by atoms with Crippen LogP contribution in [0.5, 0.6) is 0 Å².